The van der Waals surface area contributed by atoms with Gasteiger partial charge in [-0.1, -0.05) is 53.0 Å². The van der Waals surface area contributed by atoms with Gasteiger partial charge in [-0.2, -0.15) is 0 Å². The second-order valence-electron chi connectivity index (χ2n) is 8.01. The van der Waals surface area contributed by atoms with Crippen molar-refractivity contribution in [3.8, 4) is 11.2 Å². The summed E-state index contributed by atoms with van der Waals surface area (Å²) in [6.07, 6.45) is 9.52. The number of ketones is 2. The van der Waals surface area contributed by atoms with Crippen molar-refractivity contribution in [2.75, 3.05) is 7.05 Å². The molecule has 4 atom stereocenters. The van der Waals surface area contributed by atoms with E-state index in [1.54, 1.807) is 13.1 Å². The maximum Gasteiger partial charge on any atom is 0.201 e. The Labute approximate surface area is 192 Å². The number of nitrogens with one attached hydrogen (secondary N) is 1. The second-order valence-corrected chi connectivity index (χ2v) is 9.69. The average molecular weight is 525 g/mol. The SMILES string of the molecule is CC.CCCC1=CC2(C)C3=CC(=O)C(NC)=CC3(C#CSI)CCC2C(C)C1=O. The zero-order valence-corrected chi connectivity index (χ0v) is 21.3. The lowest BCUT2D eigenvalue weighted by Crippen LogP contribution is -2.49. The van der Waals surface area contributed by atoms with Crippen LogP contribution in [0.3, 0.4) is 0 Å². The summed E-state index contributed by atoms with van der Waals surface area (Å²) in [4.78, 5) is 25.6. The molecule has 0 saturated heterocycles. The summed E-state index contributed by atoms with van der Waals surface area (Å²) in [6, 6.07) is 0. The number of carbonyl (C=O) groups excluding carboxylic acids is 2. The quantitative estimate of drug-likeness (QED) is 0.362. The third kappa shape index (κ3) is 4.25. The minimum Gasteiger partial charge on any atom is -0.385 e. The van der Waals surface area contributed by atoms with Gasteiger partial charge in [-0.3, -0.25) is 9.59 Å². The predicted octanol–water partition coefficient (Wildman–Crippen LogP) is 6.02. The first-order chi connectivity index (χ1) is 13.8. The predicted molar refractivity (Wildman–Crippen MR) is 131 cm³/mol. The van der Waals surface area contributed by atoms with E-state index >= 15 is 0 Å². The molecule has 0 amide bonds. The topological polar surface area (TPSA) is 46.2 Å². The molecule has 158 valence electrons. The van der Waals surface area contributed by atoms with Crippen LogP contribution in [0.1, 0.15) is 60.3 Å². The number of hydrogen-bond acceptors (Lipinski definition) is 4. The minimum absolute atomic E-state index is 0.00363. The first kappa shape index (κ1) is 24.3. The molecule has 0 radical (unpaired) electrons. The molecule has 1 saturated carbocycles. The third-order valence-corrected chi connectivity index (χ3v) is 7.36. The molecule has 3 nitrogen and oxygen atoms in total. The summed E-state index contributed by atoms with van der Waals surface area (Å²) in [7, 11) is 3.25. The van der Waals surface area contributed by atoms with E-state index in [9.17, 15) is 9.59 Å². The van der Waals surface area contributed by atoms with Crippen LogP contribution in [0.15, 0.2) is 35.1 Å². The van der Waals surface area contributed by atoms with E-state index in [-0.39, 0.29) is 28.8 Å². The van der Waals surface area contributed by atoms with Gasteiger partial charge in [0.2, 0.25) is 5.78 Å². The molecule has 3 aliphatic rings. The first-order valence-corrected chi connectivity index (χ1v) is 13.9. The van der Waals surface area contributed by atoms with E-state index < -0.39 is 5.41 Å². The zero-order valence-electron chi connectivity index (χ0n) is 18.3. The lowest BCUT2D eigenvalue weighted by atomic mass is 9.48. The van der Waals surface area contributed by atoms with Crippen LogP contribution in [0, 0.1) is 33.8 Å². The van der Waals surface area contributed by atoms with Crippen LogP contribution in [0.2, 0.25) is 0 Å². The highest BCUT2D eigenvalue weighted by molar-refractivity contribution is 14.2. The molecule has 3 aliphatic carbocycles. The van der Waals surface area contributed by atoms with Crippen molar-refractivity contribution < 1.29 is 9.59 Å². The molecule has 0 aliphatic heterocycles. The Kier molecular flexibility index (Phi) is 8.26. The Morgan fingerprint density at radius 2 is 2.00 bits per heavy atom. The standard InChI is InChI=1S/C22H26INO2S.C2H6/c1-5-6-15-12-21(3)16(14(2)20(15)26)7-8-22(9-10-27-23)13-17(24-4)18(25)11-19(21)22;1-2/h11-14,16,24H,5-8H2,1-4H3;1-2H3. The molecule has 5 heteroatoms. The van der Waals surface area contributed by atoms with Crippen LogP contribution in [0.25, 0.3) is 0 Å². The van der Waals surface area contributed by atoms with Gasteiger partial charge in [-0.25, -0.2) is 0 Å². The number of fused-ring (bicyclic) bond motifs is 3. The Bertz CT molecular complexity index is 832. The molecule has 3 rings (SSSR count). The lowest BCUT2D eigenvalue weighted by Gasteiger charge is -2.54. The van der Waals surface area contributed by atoms with E-state index in [0.29, 0.717) is 5.70 Å². The van der Waals surface area contributed by atoms with E-state index in [2.05, 4.69) is 64.5 Å². The number of rotatable bonds is 3. The molecule has 0 aromatic rings. The highest BCUT2D eigenvalue weighted by Crippen LogP contribution is 2.60. The number of likely N-dealkylation sites (N-methyl/N-ethyl adjacent to an activating group) is 1. The van der Waals surface area contributed by atoms with Gasteiger partial charge in [0.1, 0.15) is 0 Å². The maximum atomic E-state index is 12.9. The van der Waals surface area contributed by atoms with E-state index in [1.165, 1.54) is 8.93 Å². The zero-order chi connectivity index (χ0) is 21.8. The summed E-state index contributed by atoms with van der Waals surface area (Å²) in [5.41, 5.74) is 1.86. The van der Waals surface area contributed by atoms with Crippen molar-refractivity contribution in [1.82, 2.24) is 5.32 Å². The van der Waals surface area contributed by atoms with Crippen molar-refractivity contribution in [3.05, 3.63) is 35.1 Å². The van der Waals surface area contributed by atoms with Crippen molar-refractivity contribution >= 4 is 41.7 Å². The average Bonchev–Trinajstić information content (AvgIpc) is 2.72. The highest BCUT2D eigenvalue weighted by Gasteiger charge is 2.55. The molecule has 0 spiro atoms. The van der Waals surface area contributed by atoms with Gasteiger partial charge in [0, 0.05) is 39.6 Å². The number of hydrogen-bond donors (Lipinski definition) is 1. The Morgan fingerprint density at radius 3 is 2.59 bits per heavy atom. The second kappa shape index (κ2) is 9.87. The molecule has 0 aromatic heterocycles. The van der Waals surface area contributed by atoms with Crippen LogP contribution in [0.4, 0.5) is 0 Å². The van der Waals surface area contributed by atoms with Crippen LogP contribution >= 0.6 is 30.1 Å². The van der Waals surface area contributed by atoms with Crippen molar-refractivity contribution in [1.29, 1.82) is 0 Å². The summed E-state index contributed by atoms with van der Waals surface area (Å²) >= 11 is 2.19. The summed E-state index contributed by atoms with van der Waals surface area (Å²) in [5, 5.41) is 6.22. The Hall–Kier alpha value is -1.00. The summed E-state index contributed by atoms with van der Waals surface area (Å²) in [5.74, 6) is 3.95. The fourth-order valence-corrected chi connectivity index (χ4v) is 5.81. The largest absolute Gasteiger partial charge is 0.385 e. The van der Waals surface area contributed by atoms with E-state index in [1.807, 2.05) is 19.9 Å². The van der Waals surface area contributed by atoms with Crippen LogP contribution < -0.4 is 5.32 Å². The summed E-state index contributed by atoms with van der Waals surface area (Å²) in [6.45, 7) is 10.4. The lowest BCUT2D eigenvalue weighted by molar-refractivity contribution is -0.123. The number of allylic oxidation sites excluding steroid dienone is 5. The van der Waals surface area contributed by atoms with Gasteiger partial charge in [0.15, 0.2) is 5.78 Å². The number of carbonyl (C=O) groups is 2. The fourth-order valence-electron chi connectivity index (χ4n) is 5.26. The first-order valence-electron chi connectivity index (χ1n) is 10.6. The smallest absolute Gasteiger partial charge is 0.201 e. The minimum atomic E-state index is -0.441. The molecule has 29 heavy (non-hydrogen) atoms. The van der Waals surface area contributed by atoms with Gasteiger partial charge in [-0.05, 0) is 62.7 Å². The fraction of sp³-hybridized carbons (Fsp3) is 0.583. The van der Waals surface area contributed by atoms with Crippen molar-refractivity contribution in [2.45, 2.75) is 60.3 Å². The van der Waals surface area contributed by atoms with Crippen LogP contribution in [-0.2, 0) is 9.59 Å². The molecular formula is C24H32INO2S. The molecule has 0 aromatic carbocycles. The number of halogens is 1. The molecule has 1 fully saturated rings. The molecule has 1 N–H and O–H groups in total. The normalized spacial score (nSPS) is 32.9. The number of Topliss-reactive ketones (excluding diaryl/α,β-unsaturated/α-hetero) is 1. The van der Waals surface area contributed by atoms with Gasteiger partial charge in [-0.15, -0.1) is 0 Å². The maximum absolute atomic E-state index is 12.9. The van der Waals surface area contributed by atoms with Gasteiger partial charge < -0.3 is 5.32 Å². The van der Waals surface area contributed by atoms with Gasteiger partial charge in [0.05, 0.1) is 11.1 Å². The van der Waals surface area contributed by atoms with E-state index in [4.69, 9.17) is 0 Å². The van der Waals surface area contributed by atoms with Gasteiger partial charge >= 0.3 is 0 Å². The van der Waals surface area contributed by atoms with E-state index in [0.717, 1.165) is 36.8 Å². The molecule has 0 heterocycles. The molecule has 4 unspecified atom stereocenters. The Morgan fingerprint density at radius 1 is 1.31 bits per heavy atom. The van der Waals surface area contributed by atoms with Crippen LogP contribution in [-0.4, -0.2) is 18.6 Å². The molecule has 0 bridgehead atoms. The Balaban J connectivity index is 0.00000145. The van der Waals surface area contributed by atoms with Crippen molar-refractivity contribution in [2.24, 2.45) is 22.7 Å². The van der Waals surface area contributed by atoms with Crippen molar-refractivity contribution in [3.63, 3.8) is 0 Å². The molecular weight excluding hydrogens is 493 g/mol. The third-order valence-electron chi connectivity index (χ3n) is 6.52. The monoisotopic (exact) mass is 525 g/mol. The van der Waals surface area contributed by atoms with Gasteiger partial charge in [0.25, 0.3) is 0 Å². The summed E-state index contributed by atoms with van der Waals surface area (Å²) < 4.78 is 0. The van der Waals surface area contributed by atoms with Crippen LogP contribution in [0.5, 0.6) is 0 Å². The highest BCUT2D eigenvalue weighted by atomic mass is 127.